The Balaban J connectivity index is 3.04. The molecular formula is C8H10S. The summed E-state index contributed by atoms with van der Waals surface area (Å²) < 4.78 is 0. The topological polar surface area (TPSA) is 0 Å². The third kappa shape index (κ3) is 7.47. The molecule has 0 saturated carbocycles. The summed E-state index contributed by atoms with van der Waals surface area (Å²) in [4.78, 5) is 0. The molecule has 0 aromatic carbocycles. The van der Waals surface area contributed by atoms with Crippen molar-refractivity contribution in [3.63, 3.8) is 0 Å². The Morgan fingerprint density at radius 1 is 1.00 bits per heavy atom. The van der Waals surface area contributed by atoms with Crippen molar-refractivity contribution >= 4 is 11.8 Å². The van der Waals surface area contributed by atoms with E-state index in [0.29, 0.717) is 0 Å². The Hall–Kier alpha value is -0.530. The van der Waals surface area contributed by atoms with E-state index in [-0.39, 0.29) is 0 Å². The fourth-order valence-corrected chi connectivity index (χ4v) is 0.892. The lowest BCUT2D eigenvalue weighted by Gasteiger charge is -1.82. The summed E-state index contributed by atoms with van der Waals surface area (Å²) in [6.07, 6.45) is 0. The van der Waals surface area contributed by atoms with Gasteiger partial charge in [-0.3, -0.25) is 0 Å². The summed E-state index contributed by atoms with van der Waals surface area (Å²) in [5, 5.41) is 0. The van der Waals surface area contributed by atoms with Crippen molar-refractivity contribution in [2.45, 2.75) is 13.8 Å². The molecule has 1 heteroatoms. The minimum Gasteiger partial charge on any atom is -0.136 e. The van der Waals surface area contributed by atoms with Crippen molar-refractivity contribution in [2.75, 3.05) is 11.5 Å². The van der Waals surface area contributed by atoms with Crippen LogP contribution in [0.5, 0.6) is 0 Å². The molecule has 0 fully saturated rings. The maximum atomic E-state index is 2.95. The van der Waals surface area contributed by atoms with Gasteiger partial charge in [0.2, 0.25) is 0 Å². The summed E-state index contributed by atoms with van der Waals surface area (Å²) in [5.74, 6) is 13.4. The van der Waals surface area contributed by atoms with Crippen LogP contribution in [0.3, 0.4) is 0 Å². The minimum absolute atomic E-state index is 0.908. The Kier molecular flexibility index (Phi) is 7.03. The fourth-order valence-electron chi connectivity index (χ4n) is 0.297. The van der Waals surface area contributed by atoms with E-state index in [1.807, 2.05) is 13.8 Å². The van der Waals surface area contributed by atoms with Gasteiger partial charge in [-0.2, -0.15) is 0 Å². The molecule has 48 valence electrons. The van der Waals surface area contributed by atoms with Crippen molar-refractivity contribution < 1.29 is 0 Å². The second-order valence-electron chi connectivity index (χ2n) is 1.35. The highest BCUT2D eigenvalue weighted by molar-refractivity contribution is 7.99. The molecule has 9 heavy (non-hydrogen) atoms. The molecule has 0 aliphatic carbocycles. The SMILES string of the molecule is CC#CCSCC#CC. The molecule has 0 bridgehead atoms. The second kappa shape index (κ2) is 7.47. The van der Waals surface area contributed by atoms with E-state index >= 15 is 0 Å². The zero-order chi connectivity index (χ0) is 6.95. The van der Waals surface area contributed by atoms with Crippen molar-refractivity contribution in [2.24, 2.45) is 0 Å². The van der Waals surface area contributed by atoms with Gasteiger partial charge in [0.25, 0.3) is 0 Å². The van der Waals surface area contributed by atoms with Crippen LogP contribution >= 0.6 is 11.8 Å². The van der Waals surface area contributed by atoms with E-state index in [1.165, 1.54) is 0 Å². The van der Waals surface area contributed by atoms with Gasteiger partial charge in [-0.15, -0.1) is 23.6 Å². The average molecular weight is 138 g/mol. The van der Waals surface area contributed by atoms with Crippen LogP contribution < -0.4 is 0 Å². The van der Waals surface area contributed by atoms with E-state index in [0.717, 1.165) is 11.5 Å². The molecule has 0 heterocycles. The van der Waals surface area contributed by atoms with E-state index in [1.54, 1.807) is 11.8 Å². The van der Waals surface area contributed by atoms with Crippen LogP contribution in [0.1, 0.15) is 13.8 Å². The first-order valence-electron chi connectivity index (χ1n) is 2.78. The second-order valence-corrected chi connectivity index (χ2v) is 2.33. The first-order valence-corrected chi connectivity index (χ1v) is 3.94. The molecule has 0 nitrogen and oxygen atoms in total. The molecule has 0 N–H and O–H groups in total. The zero-order valence-electron chi connectivity index (χ0n) is 5.82. The van der Waals surface area contributed by atoms with Gasteiger partial charge in [0.1, 0.15) is 0 Å². The lowest BCUT2D eigenvalue weighted by atomic mass is 10.7. The average Bonchev–Trinajstić information content (AvgIpc) is 1.89. The molecule has 0 spiro atoms. The van der Waals surface area contributed by atoms with E-state index in [9.17, 15) is 0 Å². The standard InChI is InChI=1S/C8H10S/c1-3-5-7-9-8-6-4-2/h7-8H2,1-2H3. The highest BCUT2D eigenvalue weighted by atomic mass is 32.2. The maximum Gasteiger partial charge on any atom is 0.0556 e. The number of hydrogen-bond acceptors (Lipinski definition) is 1. The number of hydrogen-bond donors (Lipinski definition) is 0. The molecule has 0 saturated heterocycles. The van der Waals surface area contributed by atoms with Crippen LogP contribution in [0.4, 0.5) is 0 Å². The highest BCUT2D eigenvalue weighted by Crippen LogP contribution is 1.94. The van der Waals surface area contributed by atoms with Gasteiger partial charge in [-0.25, -0.2) is 0 Å². The van der Waals surface area contributed by atoms with Crippen LogP contribution in [0.25, 0.3) is 0 Å². The Morgan fingerprint density at radius 3 is 1.78 bits per heavy atom. The molecule has 0 aromatic heterocycles. The zero-order valence-corrected chi connectivity index (χ0v) is 6.64. The quantitative estimate of drug-likeness (QED) is 0.414. The number of rotatable bonds is 2. The van der Waals surface area contributed by atoms with Gasteiger partial charge < -0.3 is 0 Å². The largest absolute Gasteiger partial charge is 0.136 e. The lowest BCUT2D eigenvalue weighted by molar-refractivity contribution is 1.79. The third-order valence-corrected chi connectivity index (χ3v) is 1.40. The third-order valence-electron chi connectivity index (χ3n) is 0.702. The summed E-state index contributed by atoms with van der Waals surface area (Å²) >= 11 is 1.76. The first kappa shape index (κ1) is 8.47. The van der Waals surface area contributed by atoms with Gasteiger partial charge in [-0.05, 0) is 13.8 Å². The lowest BCUT2D eigenvalue weighted by Crippen LogP contribution is -1.73. The monoisotopic (exact) mass is 138 g/mol. The van der Waals surface area contributed by atoms with Gasteiger partial charge in [-0.1, -0.05) is 11.8 Å². The normalized spacial score (nSPS) is 6.44. The molecular weight excluding hydrogens is 128 g/mol. The van der Waals surface area contributed by atoms with E-state index < -0.39 is 0 Å². The van der Waals surface area contributed by atoms with E-state index in [2.05, 4.69) is 23.7 Å². The van der Waals surface area contributed by atoms with Crippen LogP contribution in [-0.2, 0) is 0 Å². The summed E-state index contributed by atoms with van der Waals surface area (Å²) in [6, 6.07) is 0. The molecule has 0 rings (SSSR count). The van der Waals surface area contributed by atoms with Gasteiger partial charge >= 0.3 is 0 Å². The highest BCUT2D eigenvalue weighted by Gasteiger charge is 1.75. The molecule has 0 unspecified atom stereocenters. The van der Waals surface area contributed by atoms with Gasteiger partial charge in [0.15, 0.2) is 0 Å². The molecule has 0 radical (unpaired) electrons. The van der Waals surface area contributed by atoms with E-state index in [4.69, 9.17) is 0 Å². The Labute approximate surface area is 61.4 Å². The predicted molar refractivity (Wildman–Crippen MR) is 44.2 cm³/mol. The van der Waals surface area contributed by atoms with Crippen molar-refractivity contribution in [3.8, 4) is 23.7 Å². The summed E-state index contributed by atoms with van der Waals surface area (Å²) in [7, 11) is 0. The maximum absolute atomic E-state index is 2.95. The molecule has 0 amide bonds. The van der Waals surface area contributed by atoms with Gasteiger partial charge in [0.05, 0.1) is 11.5 Å². The van der Waals surface area contributed by atoms with Crippen molar-refractivity contribution in [1.82, 2.24) is 0 Å². The smallest absolute Gasteiger partial charge is 0.0556 e. The Bertz CT molecular complexity index is 140. The fraction of sp³-hybridized carbons (Fsp3) is 0.500. The van der Waals surface area contributed by atoms with Crippen LogP contribution in [0.15, 0.2) is 0 Å². The first-order chi connectivity index (χ1) is 4.41. The summed E-state index contributed by atoms with van der Waals surface area (Å²) in [5.41, 5.74) is 0. The van der Waals surface area contributed by atoms with Crippen LogP contribution in [0.2, 0.25) is 0 Å². The molecule has 0 aliphatic heterocycles. The summed E-state index contributed by atoms with van der Waals surface area (Å²) in [6.45, 7) is 3.71. The number of thioether (sulfide) groups is 1. The Morgan fingerprint density at radius 2 is 1.44 bits per heavy atom. The predicted octanol–water partition coefficient (Wildman–Crippen LogP) is 1.77. The van der Waals surface area contributed by atoms with Gasteiger partial charge in [0, 0.05) is 0 Å². The minimum atomic E-state index is 0.908. The van der Waals surface area contributed by atoms with Crippen LogP contribution in [0, 0.1) is 23.7 Å². The molecule has 0 atom stereocenters. The van der Waals surface area contributed by atoms with Crippen molar-refractivity contribution in [3.05, 3.63) is 0 Å². The van der Waals surface area contributed by atoms with Crippen LogP contribution in [-0.4, -0.2) is 11.5 Å². The molecule has 0 aliphatic rings. The van der Waals surface area contributed by atoms with Crippen molar-refractivity contribution in [1.29, 1.82) is 0 Å². The molecule has 0 aromatic rings.